The zero-order valence-corrected chi connectivity index (χ0v) is 10.9. The van der Waals surface area contributed by atoms with Crippen LogP contribution in [0.25, 0.3) is 0 Å². The summed E-state index contributed by atoms with van der Waals surface area (Å²) < 4.78 is 5.04. The molecule has 2 aromatic carbocycles. The molecule has 20 heavy (non-hydrogen) atoms. The van der Waals surface area contributed by atoms with Crippen molar-refractivity contribution in [1.29, 1.82) is 0 Å². The van der Waals surface area contributed by atoms with Gasteiger partial charge in [0.1, 0.15) is 5.75 Å². The summed E-state index contributed by atoms with van der Waals surface area (Å²) in [6, 6.07) is 16.2. The molecule has 1 amide bonds. The Morgan fingerprint density at radius 1 is 1.10 bits per heavy atom. The Balaban J connectivity index is 1.84. The summed E-state index contributed by atoms with van der Waals surface area (Å²) in [4.78, 5) is 16.1. The minimum absolute atomic E-state index is 0.638. The van der Waals surface area contributed by atoms with Gasteiger partial charge in [0, 0.05) is 5.69 Å². The first-order chi connectivity index (χ1) is 9.78. The van der Waals surface area contributed by atoms with Crippen LogP contribution in [-0.2, 0) is 4.84 Å². The number of benzene rings is 2. The molecular formula is C15H14N2O3. The number of rotatable bonds is 4. The van der Waals surface area contributed by atoms with Gasteiger partial charge in [0.25, 0.3) is 0 Å². The predicted molar refractivity (Wildman–Crippen MR) is 77.1 cm³/mol. The lowest BCUT2D eigenvalue weighted by atomic mass is 10.2. The molecule has 0 aliphatic carbocycles. The molecule has 0 saturated carbocycles. The lowest BCUT2D eigenvalue weighted by Gasteiger charge is -2.01. The van der Waals surface area contributed by atoms with Crippen LogP contribution in [0.3, 0.4) is 0 Å². The maximum Gasteiger partial charge on any atom is 0.437 e. The van der Waals surface area contributed by atoms with E-state index in [4.69, 9.17) is 9.57 Å². The summed E-state index contributed by atoms with van der Waals surface area (Å²) in [7, 11) is 1.60. The fraction of sp³-hybridized carbons (Fsp3) is 0.0667. The van der Waals surface area contributed by atoms with Crippen LogP contribution < -0.4 is 10.1 Å². The Bertz CT molecular complexity index is 580. The molecule has 102 valence electrons. The maximum atomic E-state index is 11.4. The number of hydrogen-bond acceptors (Lipinski definition) is 4. The number of anilines is 1. The van der Waals surface area contributed by atoms with Gasteiger partial charge in [0.05, 0.1) is 13.3 Å². The lowest BCUT2D eigenvalue weighted by Crippen LogP contribution is -2.10. The molecule has 0 aliphatic rings. The van der Waals surface area contributed by atoms with Crippen LogP contribution in [-0.4, -0.2) is 19.4 Å². The highest BCUT2D eigenvalue weighted by atomic mass is 16.7. The summed E-state index contributed by atoms with van der Waals surface area (Å²) >= 11 is 0. The van der Waals surface area contributed by atoms with Crippen molar-refractivity contribution in [2.24, 2.45) is 5.16 Å². The second kappa shape index (κ2) is 6.94. The molecular weight excluding hydrogens is 256 g/mol. The van der Waals surface area contributed by atoms with Gasteiger partial charge in [-0.2, -0.15) is 0 Å². The zero-order valence-electron chi connectivity index (χ0n) is 10.9. The van der Waals surface area contributed by atoms with E-state index in [9.17, 15) is 4.79 Å². The predicted octanol–water partition coefficient (Wildman–Crippen LogP) is 3.28. The normalized spacial score (nSPS) is 10.2. The van der Waals surface area contributed by atoms with Crippen molar-refractivity contribution >= 4 is 18.0 Å². The monoisotopic (exact) mass is 270 g/mol. The third-order valence-corrected chi connectivity index (χ3v) is 2.47. The number of nitrogens with zero attached hydrogens (tertiary/aromatic N) is 1. The molecule has 5 heteroatoms. The standard InChI is InChI=1S/C15H14N2O3/c1-19-14-9-7-12(8-10-14)11-16-20-15(18)17-13-5-3-2-4-6-13/h2-11H,1H3,(H,17,18). The molecule has 0 heterocycles. The molecule has 0 unspecified atom stereocenters. The van der Waals surface area contributed by atoms with E-state index in [0.717, 1.165) is 11.3 Å². The highest BCUT2D eigenvalue weighted by molar-refractivity contribution is 5.85. The molecule has 0 radical (unpaired) electrons. The van der Waals surface area contributed by atoms with E-state index in [1.807, 2.05) is 18.2 Å². The SMILES string of the molecule is COc1ccc(C=NOC(=O)Nc2ccccc2)cc1. The van der Waals surface area contributed by atoms with Crippen molar-refractivity contribution in [3.8, 4) is 5.75 Å². The minimum Gasteiger partial charge on any atom is -0.497 e. The summed E-state index contributed by atoms with van der Waals surface area (Å²) in [6.07, 6.45) is 0.810. The Morgan fingerprint density at radius 3 is 2.45 bits per heavy atom. The van der Waals surface area contributed by atoms with Crippen LogP contribution in [0.2, 0.25) is 0 Å². The summed E-state index contributed by atoms with van der Waals surface area (Å²) in [6.45, 7) is 0. The van der Waals surface area contributed by atoms with Crippen LogP contribution in [0.1, 0.15) is 5.56 Å². The van der Waals surface area contributed by atoms with Crippen LogP contribution in [0, 0.1) is 0 Å². The molecule has 2 rings (SSSR count). The number of nitrogens with one attached hydrogen (secondary N) is 1. The van der Waals surface area contributed by atoms with E-state index >= 15 is 0 Å². The first-order valence-electron chi connectivity index (χ1n) is 5.98. The topological polar surface area (TPSA) is 59.9 Å². The summed E-state index contributed by atoms with van der Waals surface area (Å²) in [5.41, 5.74) is 1.45. The van der Waals surface area contributed by atoms with Crippen molar-refractivity contribution in [3.63, 3.8) is 0 Å². The Labute approximate surface area is 116 Å². The first-order valence-corrected chi connectivity index (χ1v) is 5.98. The number of carbonyl (C=O) groups is 1. The third kappa shape index (κ3) is 4.13. The number of methoxy groups -OCH3 is 1. The average molecular weight is 270 g/mol. The third-order valence-electron chi connectivity index (χ3n) is 2.47. The maximum absolute atomic E-state index is 11.4. The molecule has 1 N–H and O–H groups in total. The van der Waals surface area contributed by atoms with Gasteiger partial charge in [0.2, 0.25) is 0 Å². The smallest absolute Gasteiger partial charge is 0.437 e. The highest BCUT2D eigenvalue weighted by Crippen LogP contribution is 2.10. The number of oxime groups is 1. The number of amides is 1. The largest absolute Gasteiger partial charge is 0.497 e. The van der Waals surface area contributed by atoms with Gasteiger partial charge in [-0.05, 0) is 42.0 Å². The molecule has 0 aliphatic heterocycles. The second-order valence-corrected chi connectivity index (χ2v) is 3.88. The second-order valence-electron chi connectivity index (χ2n) is 3.88. The van der Waals surface area contributed by atoms with Crippen molar-refractivity contribution in [3.05, 3.63) is 60.2 Å². The average Bonchev–Trinajstić information content (AvgIpc) is 2.49. The number of carbonyl (C=O) groups excluding carboxylic acids is 1. The molecule has 0 saturated heterocycles. The molecule has 0 spiro atoms. The fourth-order valence-corrected chi connectivity index (χ4v) is 1.49. The fourth-order valence-electron chi connectivity index (χ4n) is 1.49. The van der Waals surface area contributed by atoms with Crippen LogP contribution in [0.5, 0.6) is 5.75 Å². The van der Waals surface area contributed by atoms with Gasteiger partial charge in [-0.25, -0.2) is 4.79 Å². The Morgan fingerprint density at radius 2 is 1.80 bits per heavy atom. The van der Waals surface area contributed by atoms with E-state index in [0.29, 0.717) is 5.69 Å². The summed E-state index contributed by atoms with van der Waals surface area (Å²) in [5.74, 6) is 0.755. The molecule has 0 aromatic heterocycles. The van der Waals surface area contributed by atoms with E-state index in [2.05, 4.69) is 10.5 Å². The number of ether oxygens (including phenoxy) is 1. The van der Waals surface area contributed by atoms with E-state index < -0.39 is 6.09 Å². The van der Waals surface area contributed by atoms with E-state index in [1.54, 1.807) is 43.5 Å². The van der Waals surface area contributed by atoms with Crippen LogP contribution in [0.15, 0.2) is 59.8 Å². The Kier molecular flexibility index (Phi) is 4.72. The minimum atomic E-state index is -0.638. The van der Waals surface area contributed by atoms with Crippen LogP contribution >= 0.6 is 0 Å². The molecule has 5 nitrogen and oxygen atoms in total. The van der Waals surface area contributed by atoms with Gasteiger partial charge in [-0.15, -0.1) is 0 Å². The molecule has 0 bridgehead atoms. The molecule has 0 fully saturated rings. The van der Waals surface area contributed by atoms with Gasteiger partial charge in [-0.1, -0.05) is 23.4 Å². The van der Waals surface area contributed by atoms with Crippen LogP contribution in [0.4, 0.5) is 10.5 Å². The number of hydrogen-bond donors (Lipinski definition) is 1. The van der Waals surface area contributed by atoms with Crippen molar-refractivity contribution in [2.45, 2.75) is 0 Å². The van der Waals surface area contributed by atoms with E-state index in [-0.39, 0.29) is 0 Å². The number of para-hydroxylation sites is 1. The van der Waals surface area contributed by atoms with Gasteiger partial charge in [-0.3, -0.25) is 10.2 Å². The molecule has 0 atom stereocenters. The van der Waals surface area contributed by atoms with Crippen molar-refractivity contribution in [1.82, 2.24) is 0 Å². The lowest BCUT2D eigenvalue weighted by molar-refractivity contribution is 0.167. The highest BCUT2D eigenvalue weighted by Gasteiger charge is 2.01. The molecule has 2 aromatic rings. The van der Waals surface area contributed by atoms with E-state index in [1.165, 1.54) is 6.21 Å². The van der Waals surface area contributed by atoms with Gasteiger partial charge in [0.15, 0.2) is 0 Å². The first kappa shape index (κ1) is 13.6. The van der Waals surface area contributed by atoms with Gasteiger partial charge >= 0.3 is 6.09 Å². The quantitative estimate of drug-likeness (QED) is 0.527. The van der Waals surface area contributed by atoms with Crippen molar-refractivity contribution in [2.75, 3.05) is 12.4 Å². The zero-order chi connectivity index (χ0) is 14.2. The van der Waals surface area contributed by atoms with Crippen molar-refractivity contribution < 1.29 is 14.4 Å². The summed E-state index contributed by atoms with van der Waals surface area (Å²) in [5, 5.41) is 6.17. The Hall–Kier alpha value is -2.82. The van der Waals surface area contributed by atoms with Gasteiger partial charge < -0.3 is 4.74 Å².